The van der Waals surface area contributed by atoms with Crippen molar-refractivity contribution in [3.05, 3.63) is 102 Å². The molecule has 6 heteroatoms. The number of benzene rings is 3. The molecule has 2 amide bonds. The van der Waals surface area contributed by atoms with Crippen molar-refractivity contribution in [1.29, 1.82) is 0 Å². The van der Waals surface area contributed by atoms with Gasteiger partial charge in [-0.05, 0) is 59.6 Å². The van der Waals surface area contributed by atoms with Crippen molar-refractivity contribution in [3.8, 4) is 5.75 Å². The van der Waals surface area contributed by atoms with E-state index in [9.17, 15) is 9.59 Å². The van der Waals surface area contributed by atoms with Crippen molar-refractivity contribution in [2.45, 2.75) is 39.2 Å². The number of fused-ring (bicyclic) bond motifs is 1. The molecule has 0 spiro atoms. The number of methoxy groups -OCH3 is 1. The van der Waals surface area contributed by atoms with Crippen LogP contribution >= 0.6 is 0 Å². The predicted octanol–water partition coefficient (Wildman–Crippen LogP) is 6.04. The molecule has 3 aromatic carbocycles. The number of para-hydroxylation sites is 1. The van der Waals surface area contributed by atoms with Crippen molar-refractivity contribution in [2.24, 2.45) is 11.8 Å². The minimum atomic E-state index is -0.0461. The lowest BCUT2D eigenvalue weighted by molar-refractivity contribution is -0.142. The number of amides is 2. The maximum atomic E-state index is 13.9. The third kappa shape index (κ3) is 6.56. The Morgan fingerprint density at radius 3 is 2.40 bits per heavy atom. The van der Waals surface area contributed by atoms with Gasteiger partial charge in [0.2, 0.25) is 11.8 Å². The van der Waals surface area contributed by atoms with Gasteiger partial charge < -0.3 is 19.5 Å². The fourth-order valence-electron chi connectivity index (χ4n) is 5.54. The first-order valence-electron chi connectivity index (χ1n) is 14.2. The van der Waals surface area contributed by atoms with Crippen LogP contribution in [-0.4, -0.2) is 53.3 Å². The van der Waals surface area contributed by atoms with Crippen LogP contribution in [0.1, 0.15) is 42.9 Å². The summed E-state index contributed by atoms with van der Waals surface area (Å²) >= 11 is 0. The normalized spacial score (nSPS) is 16.2. The van der Waals surface area contributed by atoms with Gasteiger partial charge in [-0.3, -0.25) is 9.59 Å². The van der Waals surface area contributed by atoms with Crippen LogP contribution in [0.4, 0.5) is 0 Å². The van der Waals surface area contributed by atoms with E-state index in [4.69, 9.17) is 4.74 Å². The molecule has 2 atom stereocenters. The molecule has 0 aliphatic heterocycles. The second-order valence-corrected chi connectivity index (χ2v) is 11.2. The summed E-state index contributed by atoms with van der Waals surface area (Å²) in [5.41, 5.74) is 4.51. The van der Waals surface area contributed by atoms with Crippen molar-refractivity contribution in [3.63, 3.8) is 0 Å². The molecule has 0 bridgehead atoms. The average molecular weight is 538 g/mol. The van der Waals surface area contributed by atoms with Crippen LogP contribution in [0.15, 0.2) is 85.1 Å². The van der Waals surface area contributed by atoms with Gasteiger partial charge in [0, 0.05) is 42.7 Å². The highest BCUT2D eigenvalue weighted by atomic mass is 16.5. The van der Waals surface area contributed by atoms with E-state index in [1.807, 2.05) is 65.7 Å². The van der Waals surface area contributed by atoms with E-state index in [0.29, 0.717) is 19.6 Å². The Kier molecular flexibility index (Phi) is 8.54. The van der Waals surface area contributed by atoms with E-state index in [-0.39, 0.29) is 36.1 Å². The zero-order chi connectivity index (χ0) is 28.1. The largest absolute Gasteiger partial charge is 0.497 e. The molecule has 1 aromatic heterocycles. The summed E-state index contributed by atoms with van der Waals surface area (Å²) in [6.45, 7) is 5.90. The average Bonchev–Trinajstić information content (AvgIpc) is 3.67. The van der Waals surface area contributed by atoms with Gasteiger partial charge in [-0.2, -0.15) is 0 Å². The Balaban J connectivity index is 1.32. The Labute approximate surface area is 236 Å². The lowest BCUT2D eigenvalue weighted by atomic mass is 10.1. The molecular formula is C34H39N3O3. The molecule has 0 radical (unpaired) electrons. The molecule has 0 saturated heterocycles. The molecule has 1 fully saturated rings. The molecular weight excluding hydrogens is 498 g/mol. The van der Waals surface area contributed by atoms with Crippen LogP contribution in [0, 0.1) is 11.8 Å². The van der Waals surface area contributed by atoms with E-state index in [0.717, 1.165) is 29.7 Å². The molecule has 6 nitrogen and oxygen atoms in total. The van der Waals surface area contributed by atoms with Gasteiger partial charge in [0.1, 0.15) is 5.75 Å². The number of carbonyl (C=O) groups is 2. The summed E-state index contributed by atoms with van der Waals surface area (Å²) in [5, 5.41) is 1.18. The fourth-order valence-corrected chi connectivity index (χ4v) is 5.54. The minimum absolute atomic E-state index is 0.0263. The quantitative estimate of drug-likeness (QED) is 0.240. The number of nitrogens with one attached hydrogen (secondary N) is 1. The molecule has 1 heterocycles. The number of carbonyl (C=O) groups excluding carboxylic acids is 2. The lowest BCUT2D eigenvalue weighted by Crippen LogP contribution is -2.45. The van der Waals surface area contributed by atoms with Crippen LogP contribution in [0.3, 0.4) is 0 Å². The number of rotatable bonds is 12. The molecule has 5 rings (SSSR count). The first-order chi connectivity index (χ1) is 19.4. The summed E-state index contributed by atoms with van der Waals surface area (Å²) < 4.78 is 5.32. The summed E-state index contributed by atoms with van der Waals surface area (Å²) in [4.78, 5) is 34.6. The Hall–Kier alpha value is -4.06. The maximum absolute atomic E-state index is 13.9. The molecule has 1 aliphatic carbocycles. The smallest absolute Gasteiger partial charge is 0.242 e. The van der Waals surface area contributed by atoms with Gasteiger partial charge in [0.15, 0.2) is 0 Å². The molecule has 2 unspecified atom stereocenters. The number of H-pyrrole nitrogens is 1. The number of hydrogen-bond acceptors (Lipinski definition) is 3. The van der Waals surface area contributed by atoms with Crippen LogP contribution in [0.2, 0.25) is 0 Å². The maximum Gasteiger partial charge on any atom is 0.242 e. The van der Waals surface area contributed by atoms with Crippen LogP contribution < -0.4 is 4.74 Å². The van der Waals surface area contributed by atoms with Gasteiger partial charge in [-0.25, -0.2) is 0 Å². The summed E-state index contributed by atoms with van der Waals surface area (Å²) in [7, 11) is 1.65. The highest BCUT2D eigenvalue weighted by molar-refractivity contribution is 5.88. The summed E-state index contributed by atoms with van der Waals surface area (Å²) in [5.74, 6) is 1.32. The second kappa shape index (κ2) is 12.4. The number of nitrogens with zero attached hydrogens (tertiary/aromatic N) is 2. The van der Waals surface area contributed by atoms with Crippen molar-refractivity contribution >= 4 is 22.7 Å². The first kappa shape index (κ1) is 27.5. The molecule has 1 aliphatic rings. The Morgan fingerprint density at radius 2 is 1.68 bits per heavy atom. The Morgan fingerprint density at radius 1 is 0.950 bits per heavy atom. The molecule has 1 saturated carbocycles. The summed E-state index contributed by atoms with van der Waals surface area (Å²) in [6.07, 6.45) is 3.61. The van der Waals surface area contributed by atoms with Crippen LogP contribution in [-0.2, 0) is 22.6 Å². The van der Waals surface area contributed by atoms with Gasteiger partial charge >= 0.3 is 0 Å². The number of aromatic amines is 1. The second-order valence-electron chi connectivity index (χ2n) is 11.2. The fraction of sp³-hybridized carbons (Fsp3) is 0.353. The van der Waals surface area contributed by atoms with E-state index < -0.39 is 0 Å². The highest BCUT2D eigenvalue weighted by Crippen LogP contribution is 2.48. The van der Waals surface area contributed by atoms with Crippen molar-refractivity contribution in [2.75, 3.05) is 26.7 Å². The minimum Gasteiger partial charge on any atom is -0.497 e. The number of hydrogen-bond donors (Lipinski definition) is 1. The van der Waals surface area contributed by atoms with Gasteiger partial charge in [-0.1, -0.05) is 74.5 Å². The van der Waals surface area contributed by atoms with E-state index in [2.05, 4.69) is 43.1 Å². The van der Waals surface area contributed by atoms with Gasteiger partial charge in [0.25, 0.3) is 0 Å². The zero-order valence-corrected chi connectivity index (χ0v) is 23.7. The standard InChI is InChI=1S/C34H39N3O3/c1-24(2)21-37(34(39)31-19-30(31)26-9-5-4-6-10-26)23-33(38)36(22-25-13-15-28(40-3)16-14-25)18-17-27-20-35-32-12-8-7-11-29(27)32/h4-16,20,24,30-31,35H,17-19,21-23H2,1-3H3. The van der Waals surface area contributed by atoms with Crippen LogP contribution in [0.25, 0.3) is 10.9 Å². The molecule has 1 N–H and O–H groups in total. The zero-order valence-electron chi connectivity index (χ0n) is 23.7. The monoisotopic (exact) mass is 537 g/mol. The van der Waals surface area contributed by atoms with Gasteiger partial charge in [0.05, 0.1) is 13.7 Å². The molecule has 208 valence electrons. The SMILES string of the molecule is COc1ccc(CN(CCc2c[nH]c3ccccc23)C(=O)CN(CC(C)C)C(=O)C2CC2c2ccccc2)cc1. The third-order valence-corrected chi connectivity index (χ3v) is 7.77. The Bertz CT molecular complexity index is 1430. The van der Waals surface area contributed by atoms with Crippen molar-refractivity contribution < 1.29 is 14.3 Å². The van der Waals surface area contributed by atoms with E-state index in [1.54, 1.807) is 12.0 Å². The number of ether oxygens (including phenoxy) is 1. The predicted molar refractivity (Wildman–Crippen MR) is 159 cm³/mol. The molecule has 4 aromatic rings. The van der Waals surface area contributed by atoms with E-state index >= 15 is 0 Å². The van der Waals surface area contributed by atoms with Crippen LogP contribution in [0.5, 0.6) is 5.75 Å². The first-order valence-corrected chi connectivity index (χ1v) is 14.2. The highest BCUT2D eigenvalue weighted by Gasteiger charge is 2.46. The van der Waals surface area contributed by atoms with E-state index in [1.165, 1.54) is 16.5 Å². The third-order valence-electron chi connectivity index (χ3n) is 7.77. The van der Waals surface area contributed by atoms with Gasteiger partial charge in [-0.15, -0.1) is 0 Å². The van der Waals surface area contributed by atoms with Crippen molar-refractivity contribution in [1.82, 2.24) is 14.8 Å². The number of aromatic nitrogens is 1. The molecule has 40 heavy (non-hydrogen) atoms. The topological polar surface area (TPSA) is 65.6 Å². The summed E-state index contributed by atoms with van der Waals surface area (Å²) in [6, 6.07) is 26.3. The lowest BCUT2D eigenvalue weighted by Gasteiger charge is -2.29.